The van der Waals surface area contributed by atoms with Crippen molar-refractivity contribution in [1.82, 2.24) is 10.6 Å². The summed E-state index contributed by atoms with van der Waals surface area (Å²) in [6.07, 6.45) is 1.93. The van der Waals surface area contributed by atoms with E-state index in [9.17, 15) is 19.2 Å². The Hall–Kier alpha value is -1.98. The van der Waals surface area contributed by atoms with Gasteiger partial charge in [-0.05, 0) is 6.92 Å². The highest BCUT2D eigenvalue weighted by Crippen LogP contribution is 2.63. The van der Waals surface area contributed by atoms with Gasteiger partial charge in [0.25, 0.3) is 0 Å². The summed E-state index contributed by atoms with van der Waals surface area (Å²) in [5.74, 6) is -3.72. The molecule has 6 atom stereocenters. The topological polar surface area (TPSA) is 92.3 Å². The lowest BCUT2D eigenvalue weighted by Gasteiger charge is -2.53. The molecular weight excluding hydrogens is 260 g/mol. The minimum Gasteiger partial charge on any atom is -0.296 e. The van der Waals surface area contributed by atoms with E-state index < -0.39 is 29.1 Å². The zero-order valence-electron chi connectivity index (χ0n) is 11.1. The van der Waals surface area contributed by atoms with Crippen LogP contribution < -0.4 is 10.6 Å². The first-order valence-electron chi connectivity index (χ1n) is 6.75. The second-order valence-corrected chi connectivity index (χ2v) is 6.49. The quantitative estimate of drug-likeness (QED) is 0.454. The van der Waals surface area contributed by atoms with Crippen LogP contribution in [0.2, 0.25) is 0 Å². The van der Waals surface area contributed by atoms with E-state index in [2.05, 4.69) is 10.6 Å². The van der Waals surface area contributed by atoms with Crippen LogP contribution in [0.5, 0.6) is 0 Å². The molecular formula is C14H14N2O4. The van der Waals surface area contributed by atoms with Crippen LogP contribution in [-0.2, 0) is 19.2 Å². The molecule has 4 amide bonds. The fourth-order valence-corrected chi connectivity index (χ4v) is 5.02. The molecule has 0 aromatic carbocycles. The third-order valence-corrected chi connectivity index (χ3v) is 5.56. The maximum atomic E-state index is 12.1. The first-order valence-corrected chi connectivity index (χ1v) is 6.75. The van der Waals surface area contributed by atoms with Gasteiger partial charge in [-0.1, -0.05) is 18.6 Å². The number of imide groups is 2. The molecule has 6 heteroatoms. The Kier molecular flexibility index (Phi) is 1.88. The molecule has 2 unspecified atom stereocenters. The van der Waals surface area contributed by atoms with Gasteiger partial charge in [0.1, 0.15) is 0 Å². The van der Waals surface area contributed by atoms with Gasteiger partial charge in [0.05, 0.1) is 23.7 Å². The van der Waals surface area contributed by atoms with Crippen LogP contribution in [0.1, 0.15) is 13.8 Å². The van der Waals surface area contributed by atoms with Crippen molar-refractivity contribution in [2.75, 3.05) is 0 Å². The van der Waals surface area contributed by atoms with Crippen LogP contribution in [0.15, 0.2) is 11.6 Å². The molecule has 5 rings (SSSR count). The largest absolute Gasteiger partial charge is 0.296 e. The molecule has 1 saturated carbocycles. The molecule has 3 aliphatic carbocycles. The van der Waals surface area contributed by atoms with Crippen LogP contribution in [0.25, 0.3) is 0 Å². The summed E-state index contributed by atoms with van der Waals surface area (Å²) in [5.41, 5.74) is 0.172. The summed E-state index contributed by atoms with van der Waals surface area (Å²) in [5, 5.41) is 4.74. The number of carbonyl (C=O) groups is 4. The number of rotatable bonds is 0. The van der Waals surface area contributed by atoms with Crippen LogP contribution in [0, 0.1) is 35.0 Å². The minimum atomic E-state index is -0.763. The lowest BCUT2D eigenvalue weighted by atomic mass is 9.46. The zero-order valence-corrected chi connectivity index (χ0v) is 11.1. The van der Waals surface area contributed by atoms with Crippen molar-refractivity contribution in [1.29, 1.82) is 0 Å². The third-order valence-electron chi connectivity index (χ3n) is 5.56. The normalized spacial score (nSPS) is 48.7. The van der Waals surface area contributed by atoms with Crippen LogP contribution in [-0.4, -0.2) is 23.6 Å². The maximum absolute atomic E-state index is 12.1. The Morgan fingerprint density at radius 3 is 1.75 bits per heavy atom. The maximum Gasteiger partial charge on any atom is 0.231 e. The van der Waals surface area contributed by atoms with Gasteiger partial charge < -0.3 is 0 Å². The molecule has 2 heterocycles. The average molecular weight is 274 g/mol. The van der Waals surface area contributed by atoms with E-state index in [1.54, 1.807) is 0 Å². The van der Waals surface area contributed by atoms with Crippen molar-refractivity contribution >= 4 is 23.6 Å². The van der Waals surface area contributed by atoms with Gasteiger partial charge in [0.15, 0.2) is 0 Å². The number of amides is 4. The van der Waals surface area contributed by atoms with E-state index in [0.29, 0.717) is 0 Å². The predicted octanol–water partition coefficient (Wildman–Crippen LogP) is -0.640. The Balaban J connectivity index is 1.98. The predicted molar refractivity (Wildman–Crippen MR) is 65.6 cm³/mol. The fraction of sp³-hybridized carbons (Fsp3) is 0.571. The van der Waals surface area contributed by atoms with E-state index in [1.807, 2.05) is 19.9 Å². The van der Waals surface area contributed by atoms with Gasteiger partial charge in [0, 0.05) is 11.3 Å². The Morgan fingerprint density at radius 1 is 0.850 bits per heavy atom. The van der Waals surface area contributed by atoms with Gasteiger partial charge in [0.2, 0.25) is 23.6 Å². The van der Waals surface area contributed by atoms with Crippen molar-refractivity contribution in [2.45, 2.75) is 13.8 Å². The van der Waals surface area contributed by atoms with E-state index in [1.165, 1.54) is 0 Å². The molecule has 0 radical (unpaired) electrons. The summed E-state index contributed by atoms with van der Waals surface area (Å²) in [7, 11) is 0. The van der Waals surface area contributed by atoms with Crippen molar-refractivity contribution in [3.8, 4) is 0 Å². The number of allylic oxidation sites excluding steroid dienone is 2. The third kappa shape index (κ3) is 1.04. The molecule has 0 aromatic heterocycles. The van der Waals surface area contributed by atoms with E-state index in [4.69, 9.17) is 0 Å². The molecule has 20 heavy (non-hydrogen) atoms. The average Bonchev–Trinajstić information content (AvgIpc) is 2.80. The molecule has 3 fully saturated rings. The van der Waals surface area contributed by atoms with Gasteiger partial charge in [-0.3, -0.25) is 29.8 Å². The van der Waals surface area contributed by atoms with Crippen LogP contribution >= 0.6 is 0 Å². The molecule has 6 nitrogen and oxygen atoms in total. The Labute approximate surface area is 115 Å². The molecule has 2 N–H and O–H groups in total. The van der Waals surface area contributed by atoms with Gasteiger partial charge in [-0.15, -0.1) is 0 Å². The number of hydrogen-bond donors (Lipinski definition) is 2. The van der Waals surface area contributed by atoms with Crippen molar-refractivity contribution in [2.24, 2.45) is 35.0 Å². The minimum absolute atomic E-state index is 0.311. The highest BCUT2D eigenvalue weighted by molar-refractivity contribution is 6.11. The molecule has 2 bridgehead atoms. The number of nitrogens with one attached hydrogen (secondary N) is 2. The second-order valence-electron chi connectivity index (χ2n) is 6.49. The summed E-state index contributed by atoms with van der Waals surface area (Å²) < 4.78 is 0. The summed E-state index contributed by atoms with van der Waals surface area (Å²) >= 11 is 0. The van der Waals surface area contributed by atoms with Crippen molar-refractivity contribution < 1.29 is 19.2 Å². The lowest BCUT2D eigenvalue weighted by molar-refractivity contribution is -0.146. The first-order chi connectivity index (χ1) is 9.36. The standard InChI is InChI=1S/C14H14N2O4/c1-4-3-14(2)8-6(10(17)15-12(8)19)5(4)7-9(14)13(20)16-11(7)18/h3,5-9H,1-2H3,(H,15,17,19)(H,16,18,20)/t5?,6-,7+,8+,9-,14?. The molecule has 5 aliphatic rings. The van der Waals surface area contributed by atoms with E-state index in [-0.39, 0.29) is 29.5 Å². The molecule has 2 aliphatic heterocycles. The van der Waals surface area contributed by atoms with Crippen molar-refractivity contribution in [3.63, 3.8) is 0 Å². The fourth-order valence-electron chi connectivity index (χ4n) is 5.02. The second kappa shape index (κ2) is 3.19. The lowest BCUT2D eigenvalue weighted by Crippen LogP contribution is -2.57. The SMILES string of the molecule is CC1=CC2(C)[C@@H]3C(=O)NC(=O)[C@@H]3C1[C@@H]1C(=O)NC(=O)[C@@H]12. The van der Waals surface area contributed by atoms with Gasteiger partial charge >= 0.3 is 0 Å². The molecule has 104 valence electrons. The van der Waals surface area contributed by atoms with E-state index in [0.717, 1.165) is 5.57 Å². The highest BCUT2D eigenvalue weighted by atomic mass is 16.2. The monoisotopic (exact) mass is 274 g/mol. The zero-order chi connectivity index (χ0) is 14.4. The van der Waals surface area contributed by atoms with Crippen molar-refractivity contribution in [3.05, 3.63) is 11.6 Å². The Morgan fingerprint density at radius 2 is 1.30 bits per heavy atom. The van der Waals surface area contributed by atoms with E-state index >= 15 is 0 Å². The number of hydrogen-bond acceptors (Lipinski definition) is 4. The number of carbonyl (C=O) groups excluding carboxylic acids is 4. The summed E-state index contributed by atoms with van der Waals surface area (Å²) in [4.78, 5) is 48.4. The molecule has 2 saturated heterocycles. The Bertz CT molecular complexity index is 593. The molecule has 0 spiro atoms. The van der Waals surface area contributed by atoms with Crippen LogP contribution in [0.4, 0.5) is 0 Å². The smallest absolute Gasteiger partial charge is 0.231 e. The van der Waals surface area contributed by atoms with Gasteiger partial charge in [-0.2, -0.15) is 0 Å². The van der Waals surface area contributed by atoms with Crippen LogP contribution in [0.3, 0.4) is 0 Å². The van der Waals surface area contributed by atoms with Gasteiger partial charge in [-0.25, -0.2) is 0 Å². The summed E-state index contributed by atoms with van der Waals surface area (Å²) in [6, 6.07) is 0. The molecule has 0 aromatic rings. The first kappa shape index (κ1) is 11.8. The highest BCUT2D eigenvalue weighted by Gasteiger charge is 2.71. The summed E-state index contributed by atoms with van der Waals surface area (Å²) in [6.45, 7) is 3.69.